The van der Waals surface area contributed by atoms with Gasteiger partial charge in [0, 0.05) is 0 Å². The fraction of sp³-hybridized carbons (Fsp3) is 0.0286. The second-order valence-corrected chi connectivity index (χ2v) is 9.59. The maximum atomic E-state index is 3.82. The van der Waals surface area contributed by atoms with Crippen molar-refractivity contribution < 1.29 is 49.0 Å². The average Bonchev–Trinajstić information content (AvgIpc) is 3.65. The van der Waals surface area contributed by atoms with Crippen LogP contribution >= 0.6 is 0 Å². The molecule has 0 N–H and O–H groups in total. The van der Waals surface area contributed by atoms with Gasteiger partial charge >= 0.3 is 99.2 Å². The van der Waals surface area contributed by atoms with Gasteiger partial charge in [0.2, 0.25) is 0 Å². The van der Waals surface area contributed by atoms with Crippen molar-refractivity contribution in [2.45, 2.75) is 6.42 Å². The Kier molecular flexibility index (Phi) is 13.2. The van der Waals surface area contributed by atoms with E-state index in [4.69, 9.17) is 0 Å². The van der Waals surface area contributed by atoms with E-state index in [-0.39, 0.29) is 24.8 Å². The fourth-order valence-corrected chi connectivity index (χ4v) is 4.82. The van der Waals surface area contributed by atoms with Gasteiger partial charge < -0.3 is 24.8 Å². The summed E-state index contributed by atoms with van der Waals surface area (Å²) in [4.78, 5) is 0. The second kappa shape index (κ2) is 16.1. The van der Waals surface area contributed by atoms with Crippen molar-refractivity contribution in [3.8, 4) is 0 Å². The third-order valence-electron chi connectivity index (χ3n) is 5.94. The summed E-state index contributed by atoms with van der Waals surface area (Å²) in [6.07, 6.45) is 13.8. The molecule has 0 atom stereocenters. The van der Waals surface area contributed by atoms with Gasteiger partial charge in [-0.3, -0.25) is 6.08 Å². The Bertz CT molecular complexity index is 1430. The molecular formula is C35H28Cl2Zr-2. The number of hydrogen-bond donors (Lipinski definition) is 0. The van der Waals surface area contributed by atoms with Crippen molar-refractivity contribution in [3.63, 3.8) is 0 Å². The molecule has 6 rings (SSSR count). The van der Waals surface area contributed by atoms with E-state index in [9.17, 15) is 0 Å². The van der Waals surface area contributed by atoms with Gasteiger partial charge in [0.1, 0.15) is 0 Å². The van der Waals surface area contributed by atoms with Crippen LogP contribution in [0.25, 0.3) is 33.7 Å². The number of fused-ring (bicyclic) bond motifs is 3. The molecule has 0 radical (unpaired) electrons. The van der Waals surface area contributed by atoms with Crippen molar-refractivity contribution in [2.24, 2.45) is 0 Å². The molecule has 1 aliphatic carbocycles. The van der Waals surface area contributed by atoms with Crippen LogP contribution in [0.1, 0.15) is 28.7 Å². The van der Waals surface area contributed by atoms with E-state index < -0.39 is 0 Å². The summed E-state index contributed by atoms with van der Waals surface area (Å²) >= 11 is 1.46. The maximum absolute atomic E-state index is 3.82. The Balaban J connectivity index is 0.000000219. The normalized spacial score (nSPS) is 10.8. The first-order chi connectivity index (χ1) is 17.7. The molecule has 1 aliphatic rings. The van der Waals surface area contributed by atoms with Gasteiger partial charge in [-0.1, -0.05) is 49.6 Å². The Morgan fingerprint density at radius 2 is 1.18 bits per heavy atom. The summed E-state index contributed by atoms with van der Waals surface area (Å²) in [6.45, 7) is 7.64. The molecule has 0 unspecified atom stereocenters. The van der Waals surface area contributed by atoms with Crippen LogP contribution in [-0.2, 0) is 24.2 Å². The van der Waals surface area contributed by atoms with Crippen LogP contribution in [0.4, 0.5) is 0 Å². The Morgan fingerprint density at radius 3 is 1.53 bits per heavy atom. The predicted molar refractivity (Wildman–Crippen MR) is 155 cm³/mol. The molecule has 0 aromatic heterocycles. The van der Waals surface area contributed by atoms with Gasteiger partial charge in [-0.2, -0.15) is 6.08 Å². The van der Waals surface area contributed by atoms with Crippen molar-refractivity contribution in [1.29, 1.82) is 0 Å². The van der Waals surface area contributed by atoms with Gasteiger partial charge in [0.05, 0.1) is 0 Å². The van der Waals surface area contributed by atoms with Gasteiger partial charge in [0.15, 0.2) is 0 Å². The first-order valence-electron chi connectivity index (χ1n) is 12.0. The SMILES string of the molecule is C=Cc1ccc2[cH-]c3ccc(C=C)cc3c2c1.[C-]1=CC=CC1.[Cl-].[Cl-].[Zr+2]=[C](c1ccccc1)c1ccccc1. The monoisotopic (exact) mass is 608 g/mol. The predicted octanol–water partition coefficient (Wildman–Crippen LogP) is 3.11. The molecule has 0 heterocycles. The molecule has 0 nitrogen and oxygen atoms in total. The van der Waals surface area contributed by atoms with Gasteiger partial charge in [0.25, 0.3) is 0 Å². The number of rotatable bonds is 4. The van der Waals surface area contributed by atoms with Crippen LogP contribution in [0.5, 0.6) is 0 Å². The van der Waals surface area contributed by atoms with E-state index in [1.807, 2.05) is 24.3 Å². The number of hydrogen-bond acceptors (Lipinski definition) is 0. The zero-order chi connectivity index (χ0) is 25.2. The van der Waals surface area contributed by atoms with Crippen molar-refractivity contribution >= 4 is 36.9 Å². The molecule has 0 bridgehead atoms. The summed E-state index contributed by atoms with van der Waals surface area (Å²) < 4.78 is 1.42. The second-order valence-electron chi connectivity index (χ2n) is 8.36. The van der Waals surface area contributed by atoms with Crippen molar-refractivity contribution in [1.82, 2.24) is 0 Å². The summed E-state index contributed by atoms with van der Waals surface area (Å²) in [6, 6.07) is 36.2. The molecule has 38 heavy (non-hydrogen) atoms. The molecule has 0 spiro atoms. The Labute approximate surface area is 253 Å². The zero-order valence-electron chi connectivity index (χ0n) is 21.1. The molecule has 5 aromatic rings. The molecule has 0 aliphatic heterocycles. The third-order valence-corrected chi connectivity index (χ3v) is 7.36. The first-order valence-corrected chi connectivity index (χ1v) is 13.2. The summed E-state index contributed by atoms with van der Waals surface area (Å²) in [5.74, 6) is 0. The van der Waals surface area contributed by atoms with E-state index in [1.54, 1.807) is 0 Å². The summed E-state index contributed by atoms with van der Waals surface area (Å²) in [5, 5.41) is 5.15. The Morgan fingerprint density at radius 1 is 0.711 bits per heavy atom. The minimum absolute atomic E-state index is 0. The molecule has 0 saturated carbocycles. The standard InChI is InChI=1S/C17H13.C13H10.C5H5.2ClH.Zr/c1-3-12-5-7-14-11-15-8-6-13(4-2)10-17(15)16(14)9-12;1-3-7-12(8-4-1)11-13-9-5-2-6-10-13;1-2-4-5-3-1;;;/h3-11H,1-2H2;1-10H;1-3H,4H2;2*1H;/q-1;;-1;;;+2/p-2. The zero-order valence-corrected chi connectivity index (χ0v) is 25.0. The summed E-state index contributed by atoms with van der Waals surface area (Å²) in [7, 11) is 0. The van der Waals surface area contributed by atoms with E-state index in [0.717, 1.165) is 17.5 Å². The molecule has 0 saturated heterocycles. The molecule has 0 fully saturated rings. The van der Waals surface area contributed by atoms with Gasteiger partial charge in [-0.15, -0.1) is 46.2 Å². The van der Waals surface area contributed by atoms with E-state index >= 15 is 0 Å². The summed E-state index contributed by atoms with van der Waals surface area (Å²) in [5.41, 5.74) is 4.98. The minimum atomic E-state index is 0. The van der Waals surface area contributed by atoms with Crippen LogP contribution < -0.4 is 24.8 Å². The van der Waals surface area contributed by atoms with Crippen LogP contribution in [0.15, 0.2) is 135 Å². The van der Waals surface area contributed by atoms with Crippen molar-refractivity contribution in [2.75, 3.05) is 0 Å². The number of halogens is 2. The number of benzene rings is 4. The topological polar surface area (TPSA) is 0 Å². The van der Waals surface area contributed by atoms with Crippen LogP contribution in [0.2, 0.25) is 0 Å². The van der Waals surface area contributed by atoms with Crippen molar-refractivity contribution in [3.05, 3.63) is 163 Å². The van der Waals surface area contributed by atoms with E-state index in [0.29, 0.717) is 0 Å². The molecular weight excluding hydrogens is 583 g/mol. The fourth-order valence-electron chi connectivity index (χ4n) is 4.00. The number of allylic oxidation sites excluding steroid dienone is 4. The van der Waals surface area contributed by atoms with Crippen LogP contribution in [-0.4, -0.2) is 3.21 Å². The Hall–Kier alpha value is -2.96. The van der Waals surface area contributed by atoms with Crippen LogP contribution in [0, 0.1) is 6.08 Å². The molecule has 0 amide bonds. The first kappa shape index (κ1) is 31.3. The average molecular weight is 611 g/mol. The third kappa shape index (κ3) is 8.27. The van der Waals surface area contributed by atoms with Gasteiger partial charge in [-0.05, 0) is 11.1 Å². The molecule has 3 heteroatoms. The van der Waals surface area contributed by atoms with Crippen LogP contribution in [0.3, 0.4) is 0 Å². The van der Waals surface area contributed by atoms with E-state index in [2.05, 4.69) is 128 Å². The van der Waals surface area contributed by atoms with Gasteiger partial charge in [-0.25, -0.2) is 12.2 Å². The van der Waals surface area contributed by atoms with E-state index in [1.165, 1.54) is 60.1 Å². The quantitative estimate of drug-likeness (QED) is 0.275. The molecule has 188 valence electrons. The molecule has 5 aromatic carbocycles.